The lowest BCUT2D eigenvalue weighted by atomic mass is 9.95. The van der Waals surface area contributed by atoms with E-state index in [0.717, 1.165) is 37.3 Å². The molecule has 1 saturated heterocycles. The summed E-state index contributed by atoms with van der Waals surface area (Å²) in [5.74, 6) is -0.325. The van der Waals surface area contributed by atoms with Crippen molar-refractivity contribution >= 4 is 28.7 Å². The average Bonchev–Trinajstić information content (AvgIpc) is 3.30. The molecule has 0 unspecified atom stereocenters. The van der Waals surface area contributed by atoms with Crippen molar-refractivity contribution in [2.75, 3.05) is 28.6 Å². The van der Waals surface area contributed by atoms with Crippen LogP contribution in [-0.4, -0.2) is 30.0 Å². The molecule has 2 aromatic carbocycles. The summed E-state index contributed by atoms with van der Waals surface area (Å²) >= 11 is 0. The molecular weight excluding hydrogens is 380 g/mol. The van der Waals surface area contributed by atoms with Crippen molar-refractivity contribution in [3.63, 3.8) is 0 Å². The van der Waals surface area contributed by atoms with Crippen molar-refractivity contribution in [3.05, 3.63) is 58.1 Å². The van der Waals surface area contributed by atoms with Gasteiger partial charge in [-0.1, -0.05) is 19.3 Å². The maximum Gasteiger partial charge on any atom is 0.270 e. The minimum absolute atomic E-state index is 0.0740. The molecule has 0 bridgehead atoms. The maximum atomic E-state index is 13.0. The summed E-state index contributed by atoms with van der Waals surface area (Å²) < 4.78 is 0. The molecule has 0 radical (unpaired) electrons. The van der Waals surface area contributed by atoms with Crippen LogP contribution in [0, 0.1) is 10.1 Å². The van der Waals surface area contributed by atoms with Crippen LogP contribution in [0.1, 0.15) is 55.3 Å². The van der Waals surface area contributed by atoms with Crippen LogP contribution in [0.5, 0.6) is 0 Å². The highest BCUT2D eigenvalue weighted by Crippen LogP contribution is 2.29. The fraction of sp³-hybridized carbons (Fsp3) is 0.435. The van der Waals surface area contributed by atoms with Crippen LogP contribution in [0.15, 0.2) is 42.5 Å². The lowest BCUT2D eigenvalue weighted by Crippen LogP contribution is -2.23. The number of nitrogens with one attached hydrogen (secondary N) is 2. The Hall–Kier alpha value is -3.09. The number of amides is 1. The molecule has 7 nitrogen and oxygen atoms in total. The van der Waals surface area contributed by atoms with Gasteiger partial charge in [0.25, 0.3) is 11.6 Å². The van der Waals surface area contributed by atoms with Crippen molar-refractivity contribution in [2.45, 2.75) is 51.0 Å². The first-order chi connectivity index (χ1) is 14.6. The summed E-state index contributed by atoms with van der Waals surface area (Å²) in [6, 6.07) is 12.7. The van der Waals surface area contributed by atoms with Crippen LogP contribution in [0.25, 0.3) is 0 Å². The first-order valence-electron chi connectivity index (χ1n) is 10.8. The number of anilines is 3. The van der Waals surface area contributed by atoms with E-state index in [-0.39, 0.29) is 11.6 Å². The third kappa shape index (κ3) is 4.72. The number of hydrogen-bond donors (Lipinski definition) is 2. The minimum Gasteiger partial charge on any atom is -0.382 e. The highest BCUT2D eigenvalue weighted by molar-refractivity contribution is 6.08. The zero-order valence-electron chi connectivity index (χ0n) is 17.1. The predicted molar refractivity (Wildman–Crippen MR) is 119 cm³/mol. The van der Waals surface area contributed by atoms with E-state index in [1.165, 1.54) is 44.2 Å². The second-order valence-electron chi connectivity index (χ2n) is 8.16. The fourth-order valence-corrected chi connectivity index (χ4v) is 4.38. The van der Waals surface area contributed by atoms with E-state index in [1.54, 1.807) is 6.07 Å². The molecule has 0 aromatic heterocycles. The molecule has 0 atom stereocenters. The quantitative estimate of drug-likeness (QED) is 0.507. The average molecular weight is 409 g/mol. The Morgan fingerprint density at radius 3 is 2.27 bits per heavy atom. The van der Waals surface area contributed by atoms with Gasteiger partial charge in [-0.25, -0.2) is 0 Å². The molecule has 2 aliphatic rings. The molecule has 30 heavy (non-hydrogen) atoms. The van der Waals surface area contributed by atoms with Gasteiger partial charge in [0, 0.05) is 42.6 Å². The van der Waals surface area contributed by atoms with E-state index in [4.69, 9.17) is 0 Å². The first kappa shape index (κ1) is 20.2. The monoisotopic (exact) mass is 408 g/mol. The topological polar surface area (TPSA) is 87.5 Å². The summed E-state index contributed by atoms with van der Waals surface area (Å²) in [6.07, 6.45) is 8.39. The molecule has 7 heteroatoms. The lowest BCUT2D eigenvalue weighted by molar-refractivity contribution is -0.384. The Morgan fingerprint density at radius 1 is 0.933 bits per heavy atom. The Balaban J connectivity index is 1.48. The summed E-state index contributed by atoms with van der Waals surface area (Å²) in [5.41, 5.74) is 2.75. The molecule has 1 aliphatic carbocycles. The number of nitro benzene ring substituents is 1. The van der Waals surface area contributed by atoms with Crippen LogP contribution in [0.4, 0.5) is 22.7 Å². The summed E-state index contributed by atoms with van der Waals surface area (Å²) in [4.78, 5) is 25.9. The molecule has 1 amide bonds. The molecule has 4 rings (SSSR count). The van der Waals surface area contributed by atoms with Gasteiger partial charge >= 0.3 is 0 Å². The van der Waals surface area contributed by atoms with Crippen LogP contribution < -0.4 is 15.5 Å². The van der Waals surface area contributed by atoms with Crippen molar-refractivity contribution in [3.8, 4) is 0 Å². The van der Waals surface area contributed by atoms with Gasteiger partial charge in [-0.05, 0) is 56.0 Å². The number of hydrogen-bond acceptors (Lipinski definition) is 5. The number of benzene rings is 2. The molecule has 2 fully saturated rings. The van der Waals surface area contributed by atoms with Gasteiger partial charge in [0.2, 0.25) is 0 Å². The largest absolute Gasteiger partial charge is 0.382 e. The third-order valence-electron chi connectivity index (χ3n) is 6.00. The van der Waals surface area contributed by atoms with Gasteiger partial charge in [-0.15, -0.1) is 0 Å². The Kier molecular flexibility index (Phi) is 6.16. The summed E-state index contributed by atoms with van der Waals surface area (Å²) in [6.45, 7) is 1.72. The van der Waals surface area contributed by atoms with Crippen LogP contribution >= 0.6 is 0 Å². The van der Waals surface area contributed by atoms with Gasteiger partial charge in [0.1, 0.15) is 0 Å². The van der Waals surface area contributed by atoms with Crippen molar-refractivity contribution in [1.29, 1.82) is 0 Å². The SMILES string of the molecule is O=C(Nc1ccc(NC2CCCCC2)cc1)c1cc([N+](=O)[O-])ccc1N1CCCC1. The van der Waals surface area contributed by atoms with E-state index in [0.29, 0.717) is 17.3 Å². The Bertz CT molecular complexity index is 901. The van der Waals surface area contributed by atoms with E-state index < -0.39 is 4.92 Å². The van der Waals surface area contributed by atoms with E-state index in [1.807, 2.05) is 24.3 Å². The molecule has 1 aliphatic heterocycles. The minimum atomic E-state index is -0.462. The Labute approximate surface area is 176 Å². The second kappa shape index (κ2) is 9.15. The standard InChI is InChI=1S/C23H28N4O3/c28-23(21-16-20(27(29)30)12-13-22(21)26-14-4-5-15-26)25-19-10-8-18(9-11-19)24-17-6-2-1-3-7-17/h8-13,16-17,24H,1-7,14-15H2,(H,25,28). The molecule has 1 saturated carbocycles. The number of nitrogens with zero attached hydrogens (tertiary/aromatic N) is 2. The van der Waals surface area contributed by atoms with E-state index in [2.05, 4.69) is 15.5 Å². The molecule has 2 N–H and O–H groups in total. The zero-order valence-corrected chi connectivity index (χ0v) is 17.1. The molecular formula is C23H28N4O3. The Morgan fingerprint density at radius 2 is 1.60 bits per heavy atom. The number of non-ortho nitro benzene ring substituents is 1. The van der Waals surface area contributed by atoms with Gasteiger partial charge < -0.3 is 15.5 Å². The second-order valence-corrected chi connectivity index (χ2v) is 8.16. The van der Waals surface area contributed by atoms with Crippen LogP contribution in [0.3, 0.4) is 0 Å². The summed E-state index contributed by atoms with van der Waals surface area (Å²) in [5, 5.41) is 17.7. The van der Waals surface area contributed by atoms with Crippen LogP contribution in [0.2, 0.25) is 0 Å². The zero-order chi connectivity index (χ0) is 20.9. The van der Waals surface area contributed by atoms with E-state index >= 15 is 0 Å². The maximum absolute atomic E-state index is 13.0. The van der Waals surface area contributed by atoms with Crippen molar-refractivity contribution < 1.29 is 9.72 Å². The van der Waals surface area contributed by atoms with Gasteiger partial charge in [0.15, 0.2) is 0 Å². The molecule has 1 heterocycles. The van der Waals surface area contributed by atoms with E-state index in [9.17, 15) is 14.9 Å². The van der Waals surface area contributed by atoms with Crippen molar-refractivity contribution in [2.24, 2.45) is 0 Å². The number of carbonyl (C=O) groups excluding carboxylic acids is 1. The van der Waals surface area contributed by atoms with Gasteiger partial charge in [-0.3, -0.25) is 14.9 Å². The first-order valence-corrected chi connectivity index (χ1v) is 10.8. The molecule has 158 valence electrons. The third-order valence-corrected chi connectivity index (χ3v) is 6.00. The number of carbonyl (C=O) groups is 1. The molecule has 0 spiro atoms. The normalized spacial score (nSPS) is 17.0. The summed E-state index contributed by atoms with van der Waals surface area (Å²) in [7, 11) is 0. The smallest absolute Gasteiger partial charge is 0.270 e. The number of nitro groups is 1. The van der Waals surface area contributed by atoms with Gasteiger partial charge in [-0.2, -0.15) is 0 Å². The number of rotatable bonds is 6. The predicted octanol–water partition coefficient (Wildman–Crippen LogP) is 5.19. The molecule has 2 aromatic rings. The highest BCUT2D eigenvalue weighted by atomic mass is 16.6. The van der Waals surface area contributed by atoms with Crippen LogP contribution in [-0.2, 0) is 0 Å². The lowest BCUT2D eigenvalue weighted by Gasteiger charge is -2.24. The fourth-order valence-electron chi connectivity index (χ4n) is 4.38. The van der Waals surface area contributed by atoms with Gasteiger partial charge in [0.05, 0.1) is 16.2 Å². The highest BCUT2D eigenvalue weighted by Gasteiger charge is 2.22. The van der Waals surface area contributed by atoms with Crippen molar-refractivity contribution in [1.82, 2.24) is 0 Å².